The second kappa shape index (κ2) is 8.83. The van der Waals surface area contributed by atoms with Crippen molar-refractivity contribution >= 4 is 23.0 Å². The molecule has 4 rings (SSSR count). The summed E-state index contributed by atoms with van der Waals surface area (Å²) in [5, 5.41) is 3.20. The summed E-state index contributed by atoms with van der Waals surface area (Å²) >= 11 is 0. The summed E-state index contributed by atoms with van der Waals surface area (Å²) in [6.07, 6.45) is 7.26. The Kier molecular flexibility index (Phi) is 5.80. The van der Waals surface area contributed by atoms with Crippen molar-refractivity contribution in [3.8, 4) is 0 Å². The number of hydrogen-bond donors (Lipinski definition) is 4. The molecule has 0 saturated carbocycles. The molecule has 6 heteroatoms. The van der Waals surface area contributed by atoms with Gasteiger partial charge in [0, 0.05) is 16.9 Å². The number of nitrogens with one attached hydrogen (secondary N) is 3. The van der Waals surface area contributed by atoms with Crippen LogP contribution in [0.2, 0.25) is 0 Å². The summed E-state index contributed by atoms with van der Waals surface area (Å²) in [7, 11) is 0. The fraction of sp³-hybridized carbons (Fsp3) is 0.160. The van der Waals surface area contributed by atoms with E-state index in [1.54, 1.807) is 0 Å². The van der Waals surface area contributed by atoms with Crippen LogP contribution in [-0.4, -0.2) is 5.96 Å². The molecular formula is C25H28N6. The van der Waals surface area contributed by atoms with Gasteiger partial charge in [0.15, 0.2) is 0 Å². The molecule has 2 aromatic carbocycles. The molecular weight excluding hydrogens is 384 g/mol. The monoisotopic (exact) mass is 412 g/mol. The Balaban J connectivity index is 1.60. The lowest BCUT2D eigenvalue weighted by Gasteiger charge is -2.36. The van der Waals surface area contributed by atoms with Gasteiger partial charge in [-0.2, -0.15) is 0 Å². The zero-order chi connectivity index (χ0) is 21.8. The van der Waals surface area contributed by atoms with Gasteiger partial charge in [-0.1, -0.05) is 56.5 Å². The lowest BCUT2D eigenvalue weighted by molar-refractivity contribution is 0.753. The Morgan fingerprint density at radius 1 is 1.13 bits per heavy atom. The molecule has 0 bridgehead atoms. The minimum atomic E-state index is 0.571. The summed E-state index contributed by atoms with van der Waals surface area (Å²) < 4.78 is 0. The van der Waals surface area contributed by atoms with Gasteiger partial charge in [0.1, 0.15) is 5.82 Å². The van der Waals surface area contributed by atoms with Gasteiger partial charge in [-0.05, 0) is 49.1 Å². The fourth-order valence-corrected chi connectivity index (χ4v) is 3.77. The highest BCUT2D eigenvalue weighted by molar-refractivity contribution is 6.03. The number of allylic oxidation sites excluding steroid dienone is 2. The zero-order valence-electron chi connectivity index (χ0n) is 17.8. The minimum Gasteiger partial charge on any atom is -0.399 e. The molecule has 0 amide bonds. The molecule has 0 fully saturated rings. The molecule has 0 saturated heterocycles. The highest BCUT2D eigenvalue weighted by atomic mass is 15.5. The first kappa shape index (κ1) is 20.3. The number of para-hydroxylation sites is 1. The van der Waals surface area contributed by atoms with E-state index < -0.39 is 0 Å². The molecule has 1 heterocycles. The van der Waals surface area contributed by atoms with Crippen LogP contribution in [0.5, 0.6) is 0 Å². The van der Waals surface area contributed by atoms with E-state index in [2.05, 4.69) is 71.5 Å². The maximum atomic E-state index is 5.86. The number of aryl methyl sites for hydroxylation is 1. The molecule has 31 heavy (non-hydrogen) atoms. The van der Waals surface area contributed by atoms with Crippen LogP contribution in [0, 0.1) is 0 Å². The number of hydrogen-bond acceptors (Lipinski definition) is 6. The van der Waals surface area contributed by atoms with Crippen molar-refractivity contribution in [3.63, 3.8) is 0 Å². The maximum Gasteiger partial charge on any atom is 0.227 e. The van der Waals surface area contributed by atoms with Crippen molar-refractivity contribution in [2.45, 2.75) is 26.2 Å². The third-order valence-corrected chi connectivity index (χ3v) is 5.27. The number of nitrogens with two attached hydrogens (primary N) is 1. The zero-order valence-corrected chi connectivity index (χ0v) is 17.8. The molecule has 0 atom stereocenters. The predicted molar refractivity (Wildman–Crippen MR) is 130 cm³/mol. The fourth-order valence-electron chi connectivity index (χ4n) is 3.77. The normalized spacial score (nSPS) is 15.3. The maximum absolute atomic E-state index is 5.86. The van der Waals surface area contributed by atoms with Gasteiger partial charge in [-0.15, -0.1) is 0 Å². The van der Waals surface area contributed by atoms with E-state index in [9.17, 15) is 0 Å². The van der Waals surface area contributed by atoms with Gasteiger partial charge in [0.25, 0.3) is 0 Å². The average molecular weight is 413 g/mol. The number of fused-ring (bicyclic) bond motifs is 1. The molecule has 2 aromatic rings. The van der Waals surface area contributed by atoms with Gasteiger partial charge in [-0.3, -0.25) is 15.8 Å². The standard InChI is InChI=1S/C25H28N6/c1-4-19-10-5-8-15-24(19)31-17(2)22-13-6-7-14-23(22)28-25(31)30-29-18(3)27-21-12-9-11-20(26)16-21/h5,8-16,27,29H,2-4,6-7,26H2,1H3,(H,28,30). The number of nitrogens with zero attached hydrogens (tertiary/aromatic N) is 2. The van der Waals surface area contributed by atoms with E-state index in [4.69, 9.17) is 10.7 Å². The molecule has 5 N–H and O–H groups in total. The van der Waals surface area contributed by atoms with Crippen LogP contribution in [0.4, 0.5) is 17.1 Å². The number of benzene rings is 2. The van der Waals surface area contributed by atoms with E-state index in [0.29, 0.717) is 17.5 Å². The van der Waals surface area contributed by atoms with E-state index >= 15 is 0 Å². The summed E-state index contributed by atoms with van der Waals surface area (Å²) in [6.45, 7) is 10.6. The highest BCUT2D eigenvalue weighted by Gasteiger charge is 2.29. The summed E-state index contributed by atoms with van der Waals surface area (Å²) in [6, 6.07) is 15.8. The van der Waals surface area contributed by atoms with Crippen molar-refractivity contribution in [1.29, 1.82) is 0 Å². The summed E-state index contributed by atoms with van der Waals surface area (Å²) in [5.41, 5.74) is 18.9. The SMILES string of the molecule is C=C(NNC1=NC2=CCCC=C2C(=C)N1c1ccccc1CC)Nc1cccc(N)c1. The van der Waals surface area contributed by atoms with Gasteiger partial charge < -0.3 is 11.1 Å². The largest absolute Gasteiger partial charge is 0.399 e. The highest BCUT2D eigenvalue weighted by Crippen LogP contribution is 2.36. The second-order valence-corrected chi connectivity index (χ2v) is 7.46. The number of aliphatic imine (C=N–C) groups is 1. The predicted octanol–water partition coefficient (Wildman–Crippen LogP) is 4.80. The Hall–Kier alpha value is -3.93. The molecule has 6 nitrogen and oxygen atoms in total. The smallest absolute Gasteiger partial charge is 0.227 e. The van der Waals surface area contributed by atoms with Crippen LogP contribution in [0.25, 0.3) is 0 Å². The van der Waals surface area contributed by atoms with E-state index in [1.807, 2.05) is 30.3 Å². The Bertz CT molecular complexity index is 1110. The number of rotatable bonds is 6. The first-order valence-corrected chi connectivity index (χ1v) is 10.5. The number of anilines is 3. The van der Waals surface area contributed by atoms with Gasteiger partial charge in [0.05, 0.1) is 17.1 Å². The first-order valence-electron chi connectivity index (χ1n) is 10.5. The van der Waals surface area contributed by atoms with Gasteiger partial charge in [0.2, 0.25) is 5.96 Å². The summed E-state index contributed by atoms with van der Waals surface area (Å²) in [4.78, 5) is 6.96. The van der Waals surface area contributed by atoms with Crippen molar-refractivity contribution in [3.05, 3.63) is 102 Å². The van der Waals surface area contributed by atoms with Gasteiger partial charge in [-0.25, -0.2) is 4.99 Å². The molecule has 0 radical (unpaired) electrons. The minimum absolute atomic E-state index is 0.571. The van der Waals surface area contributed by atoms with E-state index in [1.165, 1.54) is 5.56 Å². The van der Waals surface area contributed by atoms with Crippen molar-refractivity contribution in [2.24, 2.45) is 4.99 Å². The molecule has 2 aliphatic rings. The second-order valence-electron chi connectivity index (χ2n) is 7.46. The van der Waals surface area contributed by atoms with Crippen molar-refractivity contribution in [2.75, 3.05) is 16.0 Å². The molecule has 1 aliphatic heterocycles. The van der Waals surface area contributed by atoms with Crippen LogP contribution in [0.15, 0.2) is 102 Å². The van der Waals surface area contributed by atoms with Crippen LogP contribution in [-0.2, 0) is 6.42 Å². The van der Waals surface area contributed by atoms with Crippen LogP contribution < -0.4 is 26.8 Å². The lowest BCUT2D eigenvalue weighted by atomic mass is 9.98. The topological polar surface area (TPSA) is 77.7 Å². The molecule has 1 aliphatic carbocycles. The van der Waals surface area contributed by atoms with Crippen molar-refractivity contribution < 1.29 is 0 Å². The first-order chi connectivity index (χ1) is 15.1. The Labute approximate surface area is 183 Å². The summed E-state index contributed by atoms with van der Waals surface area (Å²) in [5.74, 6) is 1.22. The van der Waals surface area contributed by atoms with Crippen LogP contribution in [0.3, 0.4) is 0 Å². The number of hydrazine groups is 1. The van der Waals surface area contributed by atoms with E-state index in [-0.39, 0.29) is 0 Å². The van der Waals surface area contributed by atoms with Crippen LogP contribution >= 0.6 is 0 Å². The third kappa shape index (κ3) is 4.33. The Morgan fingerprint density at radius 3 is 2.74 bits per heavy atom. The van der Waals surface area contributed by atoms with Crippen molar-refractivity contribution in [1.82, 2.24) is 10.9 Å². The molecule has 0 unspecified atom stereocenters. The van der Waals surface area contributed by atoms with E-state index in [0.717, 1.165) is 47.6 Å². The third-order valence-electron chi connectivity index (χ3n) is 5.27. The molecule has 0 aromatic heterocycles. The number of nitrogen functional groups attached to an aromatic ring is 1. The molecule has 0 spiro atoms. The lowest BCUT2D eigenvalue weighted by Crippen LogP contribution is -2.50. The average Bonchev–Trinajstić information content (AvgIpc) is 2.78. The molecule has 158 valence electrons. The number of guanidine groups is 1. The van der Waals surface area contributed by atoms with Crippen LogP contribution in [0.1, 0.15) is 25.3 Å². The quantitative estimate of drug-likeness (QED) is 0.405. The Morgan fingerprint density at radius 2 is 1.94 bits per heavy atom. The van der Waals surface area contributed by atoms with Gasteiger partial charge >= 0.3 is 0 Å².